The van der Waals surface area contributed by atoms with E-state index in [4.69, 9.17) is 4.74 Å². The summed E-state index contributed by atoms with van der Waals surface area (Å²) < 4.78 is 6.95. The second kappa shape index (κ2) is 6.72. The van der Waals surface area contributed by atoms with Crippen LogP contribution in [0.4, 0.5) is 10.5 Å². The molecule has 0 spiro atoms. The summed E-state index contributed by atoms with van der Waals surface area (Å²) in [5.41, 5.74) is 2.93. The largest absolute Gasteiger partial charge is 0.442 e. The van der Waals surface area contributed by atoms with E-state index in [2.05, 4.69) is 16.5 Å². The summed E-state index contributed by atoms with van der Waals surface area (Å²) in [5, 5.41) is 9.01. The highest BCUT2D eigenvalue weighted by atomic mass is 16.6. The summed E-state index contributed by atoms with van der Waals surface area (Å²) >= 11 is 0. The van der Waals surface area contributed by atoms with E-state index in [0.717, 1.165) is 40.3 Å². The van der Waals surface area contributed by atoms with Gasteiger partial charge >= 0.3 is 6.09 Å². The number of anilines is 1. The fourth-order valence-electron chi connectivity index (χ4n) is 3.06. The molecule has 1 aromatic heterocycles. The number of ether oxygens (including phenoxy) is 1. The Morgan fingerprint density at radius 2 is 1.93 bits per heavy atom. The Morgan fingerprint density at radius 3 is 2.59 bits per heavy atom. The number of hydrogen-bond acceptors (Lipinski definition) is 4. The Balaban J connectivity index is 1.78. The number of benzene rings is 2. The average Bonchev–Trinajstić information content (AvgIpc) is 3.38. The van der Waals surface area contributed by atoms with Crippen LogP contribution in [0.25, 0.3) is 22.2 Å². The fourth-order valence-corrected chi connectivity index (χ4v) is 3.06. The molecule has 0 radical (unpaired) electrons. The van der Waals surface area contributed by atoms with Gasteiger partial charge in [-0.25, -0.2) is 4.79 Å². The molecule has 5 heteroatoms. The van der Waals surface area contributed by atoms with Crippen LogP contribution >= 0.6 is 0 Å². The molecular formula is C22H25N3O2. The predicted molar refractivity (Wildman–Crippen MR) is 108 cm³/mol. The first-order valence-electron chi connectivity index (χ1n) is 9.46. The van der Waals surface area contributed by atoms with Crippen molar-refractivity contribution in [2.75, 3.05) is 11.9 Å². The Labute approximate surface area is 159 Å². The maximum Gasteiger partial charge on any atom is 0.435 e. The fraction of sp³-hybridized carbons (Fsp3) is 0.364. The van der Waals surface area contributed by atoms with E-state index in [-0.39, 0.29) is 0 Å². The molecule has 27 heavy (non-hydrogen) atoms. The Hall–Kier alpha value is -2.82. The summed E-state index contributed by atoms with van der Waals surface area (Å²) in [5.74, 6) is 0.774. The van der Waals surface area contributed by atoms with Crippen molar-refractivity contribution >= 4 is 22.7 Å². The predicted octanol–water partition coefficient (Wildman–Crippen LogP) is 5.31. The maximum absolute atomic E-state index is 12.8. The van der Waals surface area contributed by atoms with Gasteiger partial charge in [0.25, 0.3) is 0 Å². The number of aromatic nitrogens is 2. The van der Waals surface area contributed by atoms with Gasteiger partial charge in [0, 0.05) is 23.2 Å². The molecule has 1 N–H and O–H groups in total. The Kier molecular flexibility index (Phi) is 4.38. The molecular weight excluding hydrogens is 338 g/mol. The maximum atomic E-state index is 12.8. The molecule has 1 aliphatic rings. The highest BCUT2D eigenvalue weighted by molar-refractivity contribution is 5.99. The Morgan fingerprint density at radius 1 is 1.19 bits per heavy atom. The summed E-state index contributed by atoms with van der Waals surface area (Å²) in [4.78, 5) is 12.8. The minimum atomic E-state index is -0.579. The smallest absolute Gasteiger partial charge is 0.435 e. The summed E-state index contributed by atoms with van der Waals surface area (Å²) in [6.07, 6.45) is 2.13. The van der Waals surface area contributed by atoms with Crippen molar-refractivity contribution in [2.24, 2.45) is 5.92 Å². The van der Waals surface area contributed by atoms with E-state index in [0.29, 0.717) is 0 Å². The van der Waals surface area contributed by atoms with Gasteiger partial charge in [0.1, 0.15) is 11.3 Å². The molecule has 3 aromatic rings. The van der Waals surface area contributed by atoms with Crippen LogP contribution in [0.5, 0.6) is 0 Å². The van der Waals surface area contributed by atoms with Gasteiger partial charge in [-0.2, -0.15) is 9.78 Å². The Bertz CT molecular complexity index is 966. The lowest BCUT2D eigenvalue weighted by molar-refractivity contribution is 0.0523. The van der Waals surface area contributed by atoms with Crippen LogP contribution in [-0.4, -0.2) is 28.0 Å². The number of rotatable bonds is 4. The molecule has 140 valence electrons. The zero-order valence-electron chi connectivity index (χ0n) is 16.0. The van der Waals surface area contributed by atoms with E-state index in [9.17, 15) is 4.79 Å². The third kappa shape index (κ3) is 3.97. The van der Waals surface area contributed by atoms with Gasteiger partial charge in [0.15, 0.2) is 0 Å². The van der Waals surface area contributed by atoms with Gasteiger partial charge in [0.2, 0.25) is 0 Å². The van der Waals surface area contributed by atoms with Gasteiger partial charge in [-0.1, -0.05) is 30.3 Å². The van der Waals surface area contributed by atoms with Crippen molar-refractivity contribution in [1.29, 1.82) is 0 Å². The zero-order chi connectivity index (χ0) is 19.0. The highest BCUT2D eigenvalue weighted by Gasteiger charge is 2.24. The summed E-state index contributed by atoms with van der Waals surface area (Å²) in [6.45, 7) is 6.55. The van der Waals surface area contributed by atoms with E-state index in [1.165, 1.54) is 17.5 Å². The molecule has 0 saturated heterocycles. The van der Waals surface area contributed by atoms with Crippen LogP contribution in [-0.2, 0) is 4.74 Å². The van der Waals surface area contributed by atoms with Crippen molar-refractivity contribution < 1.29 is 9.53 Å². The number of nitrogens with one attached hydrogen (secondary N) is 1. The monoisotopic (exact) mass is 363 g/mol. The number of carbonyl (C=O) groups is 1. The van der Waals surface area contributed by atoms with Crippen molar-refractivity contribution in [2.45, 2.75) is 39.2 Å². The van der Waals surface area contributed by atoms with E-state index >= 15 is 0 Å². The quantitative estimate of drug-likeness (QED) is 0.682. The SMILES string of the molecule is CC(C)(C)OC(=O)n1nc(-c2ccccc2)c2ccc(NCC3CC3)cc21. The van der Waals surface area contributed by atoms with Gasteiger partial charge in [-0.3, -0.25) is 0 Å². The lowest BCUT2D eigenvalue weighted by Crippen LogP contribution is -2.27. The van der Waals surface area contributed by atoms with E-state index in [1.807, 2.05) is 63.2 Å². The van der Waals surface area contributed by atoms with Crippen LogP contribution in [0.15, 0.2) is 48.5 Å². The first kappa shape index (κ1) is 17.6. The molecule has 1 heterocycles. The second-order valence-corrected chi connectivity index (χ2v) is 8.16. The normalized spacial score (nSPS) is 14.3. The molecule has 0 unspecified atom stereocenters. The molecule has 1 aliphatic carbocycles. The molecule has 2 aromatic carbocycles. The lowest BCUT2D eigenvalue weighted by atomic mass is 10.1. The standard InChI is InChI=1S/C22H25N3O2/c1-22(2,3)27-21(26)25-19-13-17(23-14-15-9-10-15)11-12-18(19)20(24-25)16-7-5-4-6-8-16/h4-8,11-13,15,23H,9-10,14H2,1-3H3. The van der Waals surface area contributed by atoms with Gasteiger partial charge in [-0.15, -0.1) is 0 Å². The first-order chi connectivity index (χ1) is 12.9. The molecule has 1 fully saturated rings. The van der Waals surface area contributed by atoms with Gasteiger partial charge < -0.3 is 10.1 Å². The van der Waals surface area contributed by atoms with E-state index in [1.54, 1.807) is 0 Å². The first-order valence-corrected chi connectivity index (χ1v) is 9.46. The minimum Gasteiger partial charge on any atom is -0.442 e. The molecule has 0 aliphatic heterocycles. The number of nitrogens with zero attached hydrogens (tertiary/aromatic N) is 2. The third-order valence-electron chi connectivity index (χ3n) is 4.59. The van der Waals surface area contributed by atoms with Crippen molar-refractivity contribution in [3.05, 3.63) is 48.5 Å². The molecule has 0 amide bonds. The summed E-state index contributed by atoms with van der Waals surface area (Å²) in [7, 11) is 0. The van der Waals surface area contributed by atoms with Crippen LogP contribution in [0, 0.1) is 5.92 Å². The topological polar surface area (TPSA) is 56.2 Å². The van der Waals surface area contributed by atoms with E-state index < -0.39 is 11.7 Å². The van der Waals surface area contributed by atoms with Crippen molar-refractivity contribution in [3.8, 4) is 11.3 Å². The third-order valence-corrected chi connectivity index (χ3v) is 4.59. The average molecular weight is 363 g/mol. The summed E-state index contributed by atoms with van der Waals surface area (Å²) in [6, 6.07) is 16.0. The second-order valence-electron chi connectivity index (χ2n) is 8.16. The van der Waals surface area contributed by atoms with Crippen molar-refractivity contribution in [1.82, 2.24) is 9.78 Å². The van der Waals surface area contributed by atoms with Crippen LogP contribution in [0.2, 0.25) is 0 Å². The van der Waals surface area contributed by atoms with Crippen LogP contribution in [0.3, 0.4) is 0 Å². The molecule has 4 rings (SSSR count). The highest BCUT2D eigenvalue weighted by Crippen LogP contribution is 2.32. The van der Waals surface area contributed by atoms with Crippen LogP contribution in [0.1, 0.15) is 33.6 Å². The van der Waals surface area contributed by atoms with Gasteiger partial charge in [-0.05, 0) is 57.7 Å². The van der Waals surface area contributed by atoms with Crippen molar-refractivity contribution in [3.63, 3.8) is 0 Å². The van der Waals surface area contributed by atoms with Crippen LogP contribution < -0.4 is 5.32 Å². The zero-order valence-corrected chi connectivity index (χ0v) is 16.0. The van der Waals surface area contributed by atoms with Gasteiger partial charge in [0.05, 0.1) is 5.52 Å². The number of fused-ring (bicyclic) bond motifs is 1. The molecule has 1 saturated carbocycles. The number of carbonyl (C=O) groups excluding carboxylic acids is 1. The number of hydrogen-bond donors (Lipinski definition) is 1. The minimum absolute atomic E-state index is 0.464. The lowest BCUT2D eigenvalue weighted by Gasteiger charge is -2.19. The molecule has 0 atom stereocenters. The molecule has 0 bridgehead atoms. The molecule has 5 nitrogen and oxygen atoms in total.